The third-order valence-corrected chi connectivity index (χ3v) is 1.33. The van der Waals surface area contributed by atoms with Gasteiger partial charge in [-0.2, -0.15) is 0 Å². The molecule has 0 saturated carbocycles. The first-order valence-electron chi connectivity index (χ1n) is 3.35. The van der Waals surface area contributed by atoms with Gasteiger partial charge in [-0.15, -0.1) is 0 Å². The van der Waals surface area contributed by atoms with E-state index in [-0.39, 0.29) is 0 Å². The summed E-state index contributed by atoms with van der Waals surface area (Å²) in [7, 11) is 1.19. The first-order chi connectivity index (χ1) is 5.74. The van der Waals surface area contributed by atoms with Gasteiger partial charge in [0, 0.05) is 6.42 Å². The number of methoxy groups -OCH3 is 1. The first-order valence-corrected chi connectivity index (χ1v) is 3.35. The summed E-state index contributed by atoms with van der Waals surface area (Å²) in [6, 6.07) is 0. The van der Waals surface area contributed by atoms with Crippen molar-refractivity contribution in [1.29, 1.82) is 0 Å². The molecule has 66 valence electrons. The summed E-state index contributed by atoms with van der Waals surface area (Å²) in [5.74, 6) is -0.445. The van der Waals surface area contributed by atoms with Gasteiger partial charge in [0.15, 0.2) is 0 Å². The summed E-state index contributed by atoms with van der Waals surface area (Å²) in [5, 5.41) is 0. The molecule has 0 N–H and O–H groups in total. The van der Waals surface area contributed by atoms with Crippen LogP contribution in [0.3, 0.4) is 0 Å². The molecule has 1 heterocycles. The van der Waals surface area contributed by atoms with E-state index in [1.165, 1.54) is 7.11 Å². The molecule has 1 saturated heterocycles. The first kappa shape index (κ1) is 8.58. The lowest BCUT2D eigenvalue weighted by Gasteiger charge is -1.95. The van der Waals surface area contributed by atoms with Gasteiger partial charge in [-0.25, -0.2) is 9.59 Å². The molecule has 0 amide bonds. The number of ether oxygens (including phenoxy) is 3. The van der Waals surface area contributed by atoms with Crippen LogP contribution in [0.4, 0.5) is 4.79 Å². The van der Waals surface area contributed by atoms with E-state index in [1.807, 2.05) is 0 Å². The number of carbonyl (C=O) groups excluding carboxylic acids is 2. The molecule has 12 heavy (non-hydrogen) atoms. The Labute approximate surface area is 68.9 Å². The summed E-state index contributed by atoms with van der Waals surface area (Å²) in [5.41, 5.74) is 0.348. The topological polar surface area (TPSA) is 61.8 Å². The largest absolute Gasteiger partial charge is 0.512 e. The highest BCUT2D eigenvalue weighted by Crippen LogP contribution is 2.12. The average Bonchev–Trinajstić information content (AvgIpc) is 2.47. The van der Waals surface area contributed by atoms with Crippen molar-refractivity contribution < 1.29 is 23.8 Å². The van der Waals surface area contributed by atoms with Crippen LogP contribution in [0, 0.1) is 0 Å². The smallest absolute Gasteiger partial charge is 0.462 e. The number of carbonyl (C=O) groups is 2. The fourth-order valence-electron chi connectivity index (χ4n) is 0.723. The average molecular weight is 172 g/mol. The predicted octanol–water partition coefficient (Wildman–Crippen LogP) is 0.600. The van der Waals surface area contributed by atoms with E-state index >= 15 is 0 Å². The minimum atomic E-state index is -0.845. The van der Waals surface area contributed by atoms with Crippen LogP contribution in [-0.2, 0) is 19.0 Å². The molecule has 0 unspecified atom stereocenters. The van der Waals surface area contributed by atoms with Crippen molar-refractivity contribution >= 4 is 12.1 Å². The van der Waals surface area contributed by atoms with Crippen LogP contribution >= 0.6 is 0 Å². The quantitative estimate of drug-likeness (QED) is 0.329. The van der Waals surface area contributed by atoms with E-state index in [9.17, 15) is 9.59 Å². The minimum Gasteiger partial charge on any atom is -0.462 e. The summed E-state index contributed by atoms with van der Waals surface area (Å²) in [6.45, 7) is 0.342. The maximum absolute atomic E-state index is 10.8. The summed E-state index contributed by atoms with van der Waals surface area (Å²) < 4.78 is 13.2. The molecule has 0 bridgehead atoms. The zero-order valence-electron chi connectivity index (χ0n) is 6.53. The Morgan fingerprint density at radius 2 is 2.42 bits per heavy atom. The van der Waals surface area contributed by atoms with Crippen molar-refractivity contribution in [2.75, 3.05) is 13.7 Å². The molecule has 1 fully saturated rings. The third kappa shape index (κ3) is 1.98. The van der Waals surface area contributed by atoms with E-state index in [1.54, 1.807) is 0 Å². The van der Waals surface area contributed by atoms with Crippen molar-refractivity contribution in [2.45, 2.75) is 6.42 Å². The van der Waals surface area contributed by atoms with Crippen LogP contribution in [0.1, 0.15) is 6.42 Å². The molecule has 1 rings (SSSR count). The monoisotopic (exact) mass is 172 g/mol. The van der Waals surface area contributed by atoms with E-state index in [4.69, 9.17) is 0 Å². The van der Waals surface area contributed by atoms with Crippen LogP contribution in [0.25, 0.3) is 0 Å². The van der Waals surface area contributed by atoms with Crippen LogP contribution in [0.5, 0.6) is 0 Å². The van der Waals surface area contributed by atoms with Gasteiger partial charge in [-0.3, -0.25) is 0 Å². The Balaban J connectivity index is 2.46. The third-order valence-electron chi connectivity index (χ3n) is 1.33. The Bertz CT molecular complexity index is 230. The Hall–Kier alpha value is -1.52. The molecule has 0 aromatic carbocycles. The second-order valence-corrected chi connectivity index (χ2v) is 2.10. The van der Waals surface area contributed by atoms with E-state index in [2.05, 4.69) is 14.2 Å². The number of hydrogen-bond acceptors (Lipinski definition) is 5. The molecule has 0 spiro atoms. The fraction of sp³-hybridized carbons (Fsp3) is 0.429. The molecule has 0 radical (unpaired) electrons. The van der Waals surface area contributed by atoms with Crippen molar-refractivity contribution in [3.8, 4) is 0 Å². The lowest BCUT2D eigenvalue weighted by molar-refractivity contribution is -0.135. The fourth-order valence-corrected chi connectivity index (χ4v) is 0.723. The second kappa shape index (κ2) is 3.75. The van der Waals surface area contributed by atoms with Gasteiger partial charge in [0.05, 0.1) is 19.3 Å². The number of cyclic esters (lactones) is 1. The van der Waals surface area contributed by atoms with Crippen molar-refractivity contribution in [3.05, 3.63) is 11.8 Å². The molecule has 0 aliphatic carbocycles. The Morgan fingerprint density at radius 3 is 2.92 bits per heavy atom. The zero-order valence-corrected chi connectivity index (χ0v) is 6.53. The molecule has 5 nitrogen and oxygen atoms in total. The van der Waals surface area contributed by atoms with Gasteiger partial charge in [-0.1, -0.05) is 0 Å². The Morgan fingerprint density at radius 1 is 1.67 bits per heavy atom. The maximum atomic E-state index is 10.8. The molecule has 0 atom stereocenters. The van der Waals surface area contributed by atoms with Crippen LogP contribution in [0.15, 0.2) is 11.8 Å². The van der Waals surface area contributed by atoms with Crippen LogP contribution in [0.2, 0.25) is 0 Å². The lowest BCUT2D eigenvalue weighted by atomic mass is 10.3. The maximum Gasteiger partial charge on any atom is 0.512 e. The normalized spacial score (nSPS) is 19.1. The van der Waals surface area contributed by atoms with Gasteiger partial charge in [-0.05, 0) is 0 Å². The van der Waals surface area contributed by atoms with E-state index in [0.717, 1.165) is 6.26 Å². The van der Waals surface area contributed by atoms with Crippen LogP contribution < -0.4 is 0 Å². The number of rotatable bonds is 1. The lowest BCUT2D eigenvalue weighted by Crippen LogP contribution is -2.01. The highest BCUT2D eigenvalue weighted by atomic mass is 16.7. The molecule has 5 heteroatoms. The van der Waals surface area contributed by atoms with Crippen molar-refractivity contribution in [1.82, 2.24) is 0 Å². The molecular formula is C7H8O5. The van der Waals surface area contributed by atoms with Gasteiger partial charge < -0.3 is 14.2 Å². The highest BCUT2D eigenvalue weighted by Gasteiger charge is 2.19. The Kier molecular flexibility index (Phi) is 2.68. The van der Waals surface area contributed by atoms with Gasteiger partial charge >= 0.3 is 12.1 Å². The van der Waals surface area contributed by atoms with Gasteiger partial charge in [0.25, 0.3) is 0 Å². The zero-order chi connectivity index (χ0) is 8.97. The standard InChI is InChI=1S/C7H8O5/c1-10-7(9)12-4-5-2-3-11-6(5)8/h4H,2-3H2,1H3/b5-4+. The van der Waals surface area contributed by atoms with E-state index in [0.29, 0.717) is 18.6 Å². The van der Waals surface area contributed by atoms with Crippen molar-refractivity contribution in [3.63, 3.8) is 0 Å². The summed E-state index contributed by atoms with van der Waals surface area (Å²) in [4.78, 5) is 21.2. The SMILES string of the molecule is COC(=O)O/C=C1\CCOC1=O. The molecule has 0 aromatic rings. The van der Waals surface area contributed by atoms with E-state index < -0.39 is 12.1 Å². The molecular weight excluding hydrogens is 164 g/mol. The van der Waals surface area contributed by atoms with Crippen LogP contribution in [-0.4, -0.2) is 25.8 Å². The summed E-state index contributed by atoms with van der Waals surface area (Å²) in [6.07, 6.45) is 0.680. The molecule has 1 aliphatic rings. The molecule has 0 aromatic heterocycles. The highest BCUT2D eigenvalue weighted by molar-refractivity contribution is 5.90. The molecule has 1 aliphatic heterocycles. The second-order valence-electron chi connectivity index (χ2n) is 2.10. The summed E-state index contributed by atoms with van der Waals surface area (Å²) >= 11 is 0. The van der Waals surface area contributed by atoms with Crippen molar-refractivity contribution in [2.24, 2.45) is 0 Å². The predicted molar refractivity (Wildman–Crippen MR) is 37.1 cm³/mol. The minimum absolute atomic E-state index is 0.342. The van der Waals surface area contributed by atoms with Gasteiger partial charge in [0.2, 0.25) is 0 Å². The number of hydrogen-bond donors (Lipinski definition) is 0. The van der Waals surface area contributed by atoms with Gasteiger partial charge in [0.1, 0.15) is 6.26 Å². The number of esters is 1.